The van der Waals surface area contributed by atoms with Gasteiger partial charge in [0.1, 0.15) is 4.21 Å². The third-order valence-corrected chi connectivity index (χ3v) is 4.25. The molecule has 6 heteroatoms. The van der Waals surface area contributed by atoms with Gasteiger partial charge in [-0.05, 0) is 11.4 Å². The van der Waals surface area contributed by atoms with Gasteiger partial charge < -0.3 is 0 Å². The minimum absolute atomic E-state index is 0.351. The lowest BCUT2D eigenvalue weighted by Gasteiger charge is -2.00. The maximum absolute atomic E-state index is 11.3. The van der Waals surface area contributed by atoms with Crippen LogP contribution in [0.25, 0.3) is 0 Å². The molecule has 0 atom stereocenters. The summed E-state index contributed by atoms with van der Waals surface area (Å²) < 4.78 is 25.4. The highest BCUT2D eigenvalue weighted by atomic mass is 32.2. The second-order valence-corrected chi connectivity index (χ2v) is 5.44. The molecule has 0 radical (unpaired) electrons. The average Bonchev–Trinajstić information content (AvgIpc) is 2.53. The van der Waals surface area contributed by atoms with Crippen molar-refractivity contribution >= 4 is 34.0 Å². The van der Waals surface area contributed by atoms with Crippen LogP contribution >= 0.6 is 24.0 Å². The van der Waals surface area contributed by atoms with E-state index in [1.54, 1.807) is 17.5 Å². The molecule has 0 fully saturated rings. The van der Waals surface area contributed by atoms with Crippen molar-refractivity contribution < 1.29 is 8.42 Å². The topological polar surface area (TPSA) is 46.2 Å². The van der Waals surface area contributed by atoms with Crippen LogP contribution in [0.15, 0.2) is 21.7 Å². The van der Waals surface area contributed by atoms with Crippen molar-refractivity contribution in [1.29, 1.82) is 0 Å². The quantitative estimate of drug-likeness (QED) is 0.747. The third-order valence-electron chi connectivity index (χ3n) is 1.16. The number of hydrogen-bond donors (Lipinski definition) is 2. The lowest BCUT2D eigenvalue weighted by molar-refractivity contribution is 0.586. The van der Waals surface area contributed by atoms with E-state index >= 15 is 0 Å². The molecule has 12 heavy (non-hydrogen) atoms. The Kier molecular flexibility index (Phi) is 3.57. The fraction of sp³-hybridized carbons (Fsp3) is 0.333. The Labute approximate surface area is 81.3 Å². The average molecular weight is 223 g/mol. The molecule has 0 aliphatic heterocycles. The minimum atomic E-state index is -3.26. The lowest BCUT2D eigenvalue weighted by Crippen LogP contribution is -2.24. The normalized spacial score (nSPS) is 11.8. The van der Waals surface area contributed by atoms with Crippen LogP contribution in [0.5, 0.6) is 0 Å². The summed E-state index contributed by atoms with van der Waals surface area (Å²) in [6.45, 7) is 0.364. The molecule has 1 aromatic heterocycles. The van der Waals surface area contributed by atoms with Crippen LogP contribution in [0.4, 0.5) is 0 Å². The van der Waals surface area contributed by atoms with Crippen LogP contribution in [0, 0.1) is 0 Å². The molecule has 1 N–H and O–H groups in total. The van der Waals surface area contributed by atoms with Gasteiger partial charge in [-0.25, -0.2) is 13.1 Å². The Bertz CT molecular complexity index is 317. The summed E-state index contributed by atoms with van der Waals surface area (Å²) in [4.78, 5) is 0. The Hall–Kier alpha value is -0.0400. The smallest absolute Gasteiger partial charge is 0.210 e. The molecule has 1 heterocycles. The summed E-state index contributed by atoms with van der Waals surface area (Å²) in [5, 5.41) is 1.73. The van der Waals surface area contributed by atoms with E-state index < -0.39 is 10.0 Å². The molecule has 0 aromatic carbocycles. The zero-order valence-electron chi connectivity index (χ0n) is 6.23. The fourth-order valence-corrected chi connectivity index (χ4v) is 3.00. The first-order valence-electron chi connectivity index (χ1n) is 3.31. The van der Waals surface area contributed by atoms with Crippen molar-refractivity contribution in [3.63, 3.8) is 0 Å². The zero-order valence-corrected chi connectivity index (χ0v) is 8.75. The predicted molar refractivity (Wildman–Crippen MR) is 53.4 cm³/mol. The monoisotopic (exact) mass is 223 g/mol. The highest BCUT2D eigenvalue weighted by Gasteiger charge is 2.12. The standard InChI is InChI=1S/C6H9NO2S3/c8-12(9,7-3-4-10)6-2-1-5-11-6/h1-2,5,7,10H,3-4H2. The molecule has 0 bridgehead atoms. The Morgan fingerprint density at radius 3 is 2.83 bits per heavy atom. The van der Waals surface area contributed by atoms with E-state index in [2.05, 4.69) is 17.4 Å². The maximum Gasteiger partial charge on any atom is 0.250 e. The molecule has 1 aromatic rings. The number of sulfonamides is 1. The summed E-state index contributed by atoms with van der Waals surface area (Å²) in [7, 11) is -3.26. The minimum Gasteiger partial charge on any atom is -0.210 e. The zero-order chi connectivity index (χ0) is 9.03. The number of thiol groups is 1. The molecule has 0 saturated heterocycles. The second kappa shape index (κ2) is 4.27. The number of hydrogen-bond acceptors (Lipinski definition) is 4. The first kappa shape index (κ1) is 10.0. The highest BCUT2D eigenvalue weighted by molar-refractivity contribution is 7.91. The fourth-order valence-electron chi connectivity index (χ4n) is 0.668. The largest absolute Gasteiger partial charge is 0.250 e. The number of nitrogens with one attached hydrogen (secondary N) is 1. The molecule has 0 saturated carbocycles. The number of thiophene rings is 1. The van der Waals surface area contributed by atoms with Crippen LogP contribution in [-0.2, 0) is 10.0 Å². The Morgan fingerprint density at radius 2 is 2.33 bits per heavy atom. The molecular formula is C6H9NO2S3. The van der Waals surface area contributed by atoms with Crippen LogP contribution in [-0.4, -0.2) is 20.7 Å². The van der Waals surface area contributed by atoms with Gasteiger partial charge in [0.2, 0.25) is 10.0 Å². The number of rotatable bonds is 4. The predicted octanol–water partition coefficient (Wildman–Crippen LogP) is 0.956. The van der Waals surface area contributed by atoms with Gasteiger partial charge in [-0.15, -0.1) is 11.3 Å². The van der Waals surface area contributed by atoms with Gasteiger partial charge in [-0.3, -0.25) is 0 Å². The van der Waals surface area contributed by atoms with Gasteiger partial charge in [-0.2, -0.15) is 12.6 Å². The van der Waals surface area contributed by atoms with Gasteiger partial charge >= 0.3 is 0 Å². The molecular weight excluding hydrogens is 214 g/mol. The van der Waals surface area contributed by atoms with E-state index in [-0.39, 0.29) is 0 Å². The first-order chi connectivity index (χ1) is 5.67. The molecule has 1 rings (SSSR count). The van der Waals surface area contributed by atoms with E-state index in [9.17, 15) is 8.42 Å². The lowest BCUT2D eigenvalue weighted by atomic mass is 10.7. The molecule has 0 aliphatic rings. The van der Waals surface area contributed by atoms with Crippen LogP contribution in [0.2, 0.25) is 0 Å². The Morgan fingerprint density at radius 1 is 1.58 bits per heavy atom. The van der Waals surface area contributed by atoms with Gasteiger partial charge in [-0.1, -0.05) is 6.07 Å². The summed E-state index contributed by atoms with van der Waals surface area (Å²) in [5.74, 6) is 0.505. The maximum atomic E-state index is 11.3. The molecule has 0 aliphatic carbocycles. The van der Waals surface area contributed by atoms with Crippen LogP contribution in [0.3, 0.4) is 0 Å². The van der Waals surface area contributed by atoms with E-state index in [4.69, 9.17) is 0 Å². The molecule has 0 spiro atoms. The van der Waals surface area contributed by atoms with Gasteiger partial charge in [0, 0.05) is 12.3 Å². The summed E-state index contributed by atoms with van der Waals surface area (Å²) in [6, 6.07) is 3.28. The van der Waals surface area contributed by atoms with Crippen molar-refractivity contribution in [3.8, 4) is 0 Å². The van der Waals surface area contributed by atoms with Crippen molar-refractivity contribution in [3.05, 3.63) is 17.5 Å². The molecule has 0 unspecified atom stereocenters. The molecule has 68 valence electrons. The van der Waals surface area contributed by atoms with Gasteiger partial charge in [0.25, 0.3) is 0 Å². The summed E-state index contributed by atoms with van der Waals surface area (Å²) >= 11 is 5.11. The van der Waals surface area contributed by atoms with E-state index in [0.29, 0.717) is 16.5 Å². The molecule has 3 nitrogen and oxygen atoms in total. The van der Waals surface area contributed by atoms with Crippen molar-refractivity contribution in [2.75, 3.05) is 12.3 Å². The van der Waals surface area contributed by atoms with Crippen molar-refractivity contribution in [2.24, 2.45) is 0 Å². The van der Waals surface area contributed by atoms with E-state index in [1.165, 1.54) is 11.3 Å². The van der Waals surface area contributed by atoms with Crippen molar-refractivity contribution in [1.82, 2.24) is 4.72 Å². The second-order valence-electron chi connectivity index (χ2n) is 2.05. The van der Waals surface area contributed by atoms with E-state index in [0.717, 1.165) is 0 Å². The summed E-state index contributed by atoms with van der Waals surface area (Å²) in [6.07, 6.45) is 0. The van der Waals surface area contributed by atoms with Gasteiger partial charge in [0.05, 0.1) is 0 Å². The first-order valence-corrected chi connectivity index (χ1v) is 6.30. The highest BCUT2D eigenvalue weighted by Crippen LogP contribution is 2.14. The summed E-state index contributed by atoms with van der Waals surface area (Å²) in [5.41, 5.74) is 0. The van der Waals surface area contributed by atoms with E-state index in [1.807, 2.05) is 0 Å². The van der Waals surface area contributed by atoms with Crippen LogP contribution in [0.1, 0.15) is 0 Å². The SMILES string of the molecule is O=S(=O)(NCCS)c1cccs1. The van der Waals surface area contributed by atoms with Gasteiger partial charge in [0.15, 0.2) is 0 Å². The van der Waals surface area contributed by atoms with Crippen LogP contribution < -0.4 is 4.72 Å². The van der Waals surface area contributed by atoms with Crippen molar-refractivity contribution in [2.45, 2.75) is 4.21 Å². The Balaban J connectivity index is 2.74. The molecule has 0 amide bonds. The third kappa shape index (κ3) is 2.48.